The smallest absolute Gasteiger partial charge is 0.309 e. The summed E-state index contributed by atoms with van der Waals surface area (Å²) >= 11 is 0. The van der Waals surface area contributed by atoms with Gasteiger partial charge in [0.25, 0.3) is 0 Å². The minimum absolute atomic E-state index is 0.0316. The first kappa shape index (κ1) is 32.9. The summed E-state index contributed by atoms with van der Waals surface area (Å²) in [5, 5.41) is 45.2. The first-order valence-corrected chi connectivity index (χ1v) is 17.7. The lowest BCUT2D eigenvalue weighted by Gasteiger charge is -2.54. The number of carboxylic acids is 2. The molecular formula is C40H54O6. The molecule has 0 bridgehead atoms. The Morgan fingerprint density at radius 3 is 1.30 bits per heavy atom. The molecule has 0 radical (unpaired) electrons. The maximum Gasteiger partial charge on any atom is 0.309 e. The van der Waals surface area contributed by atoms with Crippen LogP contribution in [-0.2, 0) is 33.3 Å². The van der Waals surface area contributed by atoms with Crippen LogP contribution in [0.2, 0.25) is 0 Å². The number of rotatable bonds is 5. The Bertz CT molecular complexity index is 1500. The van der Waals surface area contributed by atoms with Gasteiger partial charge in [-0.1, -0.05) is 54.4 Å². The Kier molecular flexibility index (Phi) is 7.69. The number of benzene rings is 2. The number of aromatic hydroxyl groups is 2. The van der Waals surface area contributed by atoms with Crippen LogP contribution < -0.4 is 0 Å². The number of carbonyl (C=O) groups is 2. The third-order valence-electron chi connectivity index (χ3n) is 13.8. The Hall–Kier alpha value is -3.02. The average molecular weight is 631 g/mol. The van der Waals surface area contributed by atoms with Gasteiger partial charge in [-0.25, -0.2) is 0 Å². The summed E-state index contributed by atoms with van der Waals surface area (Å²) < 4.78 is 0. The molecule has 6 rings (SSSR count). The molecule has 4 N–H and O–H groups in total. The lowest BCUT2D eigenvalue weighted by atomic mass is 9.49. The van der Waals surface area contributed by atoms with E-state index in [4.69, 9.17) is 0 Å². The van der Waals surface area contributed by atoms with Gasteiger partial charge in [0.15, 0.2) is 0 Å². The van der Waals surface area contributed by atoms with Crippen LogP contribution >= 0.6 is 0 Å². The van der Waals surface area contributed by atoms with Crippen LogP contribution in [0.4, 0.5) is 0 Å². The summed E-state index contributed by atoms with van der Waals surface area (Å²) in [4.78, 5) is 25.4. The minimum atomic E-state index is -0.819. The van der Waals surface area contributed by atoms with E-state index in [1.54, 1.807) is 0 Å². The van der Waals surface area contributed by atoms with Gasteiger partial charge in [0, 0.05) is 22.3 Å². The van der Waals surface area contributed by atoms with Gasteiger partial charge in [0.1, 0.15) is 11.5 Å². The maximum absolute atomic E-state index is 12.7. The number of fused-ring (bicyclic) bond motifs is 6. The second kappa shape index (κ2) is 10.8. The van der Waals surface area contributed by atoms with Crippen molar-refractivity contribution in [1.29, 1.82) is 0 Å². The Morgan fingerprint density at radius 2 is 1.00 bits per heavy atom. The molecule has 0 heterocycles. The van der Waals surface area contributed by atoms with E-state index in [0.717, 1.165) is 84.7 Å². The molecule has 0 aromatic heterocycles. The molecule has 6 nitrogen and oxygen atoms in total. The molecule has 250 valence electrons. The highest BCUT2D eigenvalue weighted by atomic mass is 16.4. The van der Waals surface area contributed by atoms with Crippen molar-refractivity contribution < 1.29 is 30.0 Å². The van der Waals surface area contributed by atoms with Crippen LogP contribution in [0.15, 0.2) is 12.1 Å². The van der Waals surface area contributed by atoms with E-state index in [1.807, 2.05) is 13.8 Å². The normalized spacial score (nSPS) is 33.6. The number of phenols is 2. The van der Waals surface area contributed by atoms with E-state index in [1.165, 1.54) is 0 Å². The zero-order valence-electron chi connectivity index (χ0n) is 29.1. The summed E-state index contributed by atoms with van der Waals surface area (Å²) in [5.74, 6) is -1.05. The minimum Gasteiger partial charge on any atom is -0.507 e. The molecule has 2 saturated carbocycles. The van der Waals surface area contributed by atoms with E-state index in [-0.39, 0.29) is 46.0 Å². The van der Waals surface area contributed by atoms with Crippen LogP contribution in [0, 0.1) is 22.7 Å². The molecule has 2 fully saturated rings. The van der Waals surface area contributed by atoms with Crippen molar-refractivity contribution in [3.05, 3.63) is 45.5 Å². The van der Waals surface area contributed by atoms with Crippen LogP contribution in [0.1, 0.15) is 152 Å². The fourth-order valence-electron chi connectivity index (χ4n) is 11.4. The van der Waals surface area contributed by atoms with E-state index < -0.39 is 22.8 Å². The van der Waals surface area contributed by atoms with Gasteiger partial charge in [0.2, 0.25) is 0 Å². The maximum atomic E-state index is 12.7. The van der Waals surface area contributed by atoms with Crippen LogP contribution in [0.3, 0.4) is 0 Å². The third kappa shape index (κ3) is 4.33. The van der Waals surface area contributed by atoms with Gasteiger partial charge < -0.3 is 20.4 Å². The largest absolute Gasteiger partial charge is 0.507 e. The number of hydrogen-bond acceptors (Lipinski definition) is 4. The SMILES string of the molecule is CC(C)c1c(O)c(-c2cc3c(c(C(C)C)c2O)CC[C@@H]2[C@@](C)(C(=O)O)CCC[C@]32C)cc2c1CC[C@@H]1[C@@]2(C)CCC[C@]1(C)C(=O)O. The summed E-state index contributed by atoms with van der Waals surface area (Å²) in [6.07, 6.45) is 7.74. The number of carboxylic acid groups (broad SMARTS) is 2. The van der Waals surface area contributed by atoms with Crippen molar-refractivity contribution in [2.24, 2.45) is 22.7 Å². The second-order valence-electron chi connectivity index (χ2n) is 16.9. The average Bonchev–Trinajstić information content (AvgIpc) is 2.96. The van der Waals surface area contributed by atoms with Crippen LogP contribution in [-0.4, -0.2) is 32.4 Å². The van der Waals surface area contributed by atoms with Gasteiger partial charge in [-0.3, -0.25) is 9.59 Å². The molecule has 2 aromatic carbocycles. The van der Waals surface area contributed by atoms with Gasteiger partial charge in [-0.05, 0) is 134 Å². The van der Waals surface area contributed by atoms with E-state index >= 15 is 0 Å². The topological polar surface area (TPSA) is 115 Å². The zero-order valence-corrected chi connectivity index (χ0v) is 29.1. The Morgan fingerprint density at radius 1 is 0.652 bits per heavy atom. The lowest BCUT2D eigenvalue weighted by Crippen LogP contribution is -2.52. The monoisotopic (exact) mass is 630 g/mol. The fourth-order valence-corrected chi connectivity index (χ4v) is 11.4. The highest BCUT2D eigenvalue weighted by Gasteiger charge is 2.57. The van der Waals surface area contributed by atoms with Crippen molar-refractivity contribution in [2.75, 3.05) is 0 Å². The Labute approximate surface area is 274 Å². The van der Waals surface area contributed by atoms with E-state index in [2.05, 4.69) is 53.7 Å². The first-order valence-electron chi connectivity index (χ1n) is 17.7. The summed E-state index contributed by atoms with van der Waals surface area (Å²) in [5.41, 5.74) is 5.16. The van der Waals surface area contributed by atoms with Gasteiger partial charge in [-0.2, -0.15) is 0 Å². The van der Waals surface area contributed by atoms with Crippen molar-refractivity contribution in [2.45, 2.75) is 142 Å². The predicted molar refractivity (Wildman–Crippen MR) is 181 cm³/mol. The van der Waals surface area contributed by atoms with Crippen LogP contribution in [0.5, 0.6) is 11.5 Å². The standard InChI is InChI=1S/C40H54O6/c1-21(2)31-23-11-13-29-37(5,15-9-17-39(29,7)35(43)44)27(23)19-25(33(31)41)26-20-28-24(32(22(3)4)34(26)42)12-14-30-38(28,6)16-10-18-40(30,8)36(45)46/h19-22,29-30,41-42H,9-18H2,1-8H3,(H,43,44)(H,45,46)/t29-,30+,37+,38-,39-,40-/m0/s1. The Balaban J connectivity index is 1.63. The lowest BCUT2D eigenvalue weighted by molar-refractivity contribution is -0.158. The second-order valence-corrected chi connectivity index (χ2v) is 16.9. The highest BCUT2D eigenvalue weighted by molar-refractivity contribution is 5.83. The quantitative estimate of drug-likeness (QED) is 0.262. The molecule has 0 saturated heterocycles. The number of aliphatic carboxylic acids is 2. The summed E-state index contributed by atoms with van der Waals surface area (Å²) in [6.45, 7) is 16.7. The van der Waals surface area contributed by atoms with Gasteiger partial charge in [-0.15, -0.1) is 0 Å². The van der Waals surface area contributed by atoms with E-state index in [0.29, 0.717) is 24.0 Å². The zero-order chi connectivity index (χ0) is 33.7. The van der Waals surface area contributed by atoms with Crippen molar-refractivity contribution in [1.82, 2.24) is 0 Å². The van der Waals surface area contributed by atoms with E-state index in [9.17, 15) is 30.0 Å². The third-order valence-corrected chi connectivity index (χ3v) is 13.8. The molecule has 6 heteroatoms. The molecule has 6 atom stereocenters. The highest BCUT2D eigenvalue weighted by Crippen LogP contribution is 2.62. The first-order chi connectivity index (χ1) is 21.4. The summed E-state index contributed by atoms with van der Waals surface area (Å²) in [7, 11) is 0. The molecule has 0 spiro atoms. The number of phenolic OH excluding ortho intramolecular Hbond substituents is 2. The number of hydrogen-bond donors (Lipinski definition) is 4. The molecule has 0 unspecified atom stereocenters. The molecule has 2 aromatic rings. The van der Waals surface area contributed by atoms with Crippen molar-refractivity contribution in [3.63, 3.8) is 0 Å². The molecule has 0 amide bonds. The summed E-state index contributed by atoms with van der Waals surface area (Å²) in [6, 6.07) is 4.18. The van der Waals surface area contributed by atoms with Crippen molar-refractivity contribution in [3.8, 4) is 22.6 Å². The molecular weight excluding hydrogens is 576 g/mol. The molecule has 0 aliphatic heterocycles. The van der Waals surface area contributed by atoms with Crippen LogP contribution in [0.25, 0.3) is 11.1 Å². The molecule has 4 aliphatic rings. The van der Waals surface area contributed by atoms with Crippen molar-refractivity contribution >= 4 is 11.9 Å². The predicted octanol–water partition coefficient (Wildman–Crippen LogP) is 9.20. The molecule has 4 aliphatic carbocycles. The fraction of sp³-hybridized carbons (Fsp3) is 0.650. The van der Waals surface area contributed by atoms with Gasteiger partial charge in [0.05, 0.1) is 10.8 Å². The molecule has 46 heavy (non-hydrogen) atoms. The van der Waals surface area contributed by atoms with Gasteiger partial charge >= 0.3 is 11.9 Å².